The first kappa shape index (κ1) is 40.1. The molecule has 5 fully saturated rings. The van der Waals surface area contributed by atoms with Crippen LogP contribution in [0.25, 0.3) is 10.8 Å². The molecular formula is C44H56FN7O6. The Morgan fingerprint density at radius 3 is 2.12 bits per heavy atom. The van der Waals surface area contributed by atoms with Crippen molar-refractivity contribution >= 4 is 34.4 Å². The van der Waals surface area contributed by atoms with Gasteiger partial charge in [0.05, 0.1) is 35.4 Å². The molecule has 0 bridgehead atoms. The molecule has 5 aliphatic rings. The van der Waals surface area contributed by atoms with E-state index in [1.54, 1.807) is 34.1 Å². The molecular weight excluding hydrogens is 742 g/mol. The van der Waals surface area contributed by atoms with Crippen molar-refractivity contribution in [1.82, 2.24) is 35.1 Å². The topological polar surface area (TPSA) is 148 Å². The summed E-state index contributed by atoms with van der Waals surface area (Å²) in [6.07, 6.45) is 11.1. The van der Waals surface area contributed by atoms with E-state index in [9.17, 15) is 24.0 Å². The van der Waals surface area contributed by atoms with Gasteiger partial charge in [-0.3, -0.25) is 28.9 Å². The summed E-state index contributed by atoms with van der Waals surface area (Å²) >= 11 is 0. The van der Waals surface area contributed by atoms with Crippen molar-refractivity contribution in [2.24, 2.45) is 11.8 Å². The molecule has 310 valence electrons. The zero-order valence-electron chi connectivity index (χ0n) is 33.3. The van der Waals surface area contributed by atoms with Crippen molar-refractivity contribution in [3.8, 4) is 0 Å². The number of amides is 4. The molecule has 1 atom stereocenters. The maximum atomic E-state index is 15.0. The Hall–Kier alpha value is -4.69. The van der Waals surface area contributed by atoms with Gasteiger partial charge in [-0.2, -0.15) is 5.10 Å². The number of benzene rings is 2. The molecule has 0 radical (unpaired) electrons. The molecule has 1 unspecified atom stereocenters. The third kappa shape index (κ3) is 9.44. The number of piperazine rings is 1. The van der Waals surface area contributed by atoms with Crippen molar-refractivity contribution in [3.05, 3.63) is 75.5 Å². The number of carbonyl (C=O) groups excluding carboxylic acids is 4. The van der Waals surface area contributed by atoms with E-state index in [4.69, 9.17) is 4.74 Å². The average Bonchev–Trinajstić information content (AvgIpc) is 4.12. The number of aromatic amines is 1. The second-order valence-corrected chi connectivity index (χ2v) is 17.0. The number of ether oxygens (including phenoxy) is 1. The number of fused-ring (bicyclic) bond motifs is 1. The van der Waals surface area contributed by atoms with E-state index in [0.717, 1.165) is 77.3 Å². The largest absolute Gasteiger partial charge is 0.375 e. The number of hydrogen-bond donors (Lipinski definition) is 2. The van der Waals surface area contributed by atoms with Crippen LogP contribution in [0.15, 0.2) is 47.3 Å². The fraction of sp³-hybridized carbons (Fsp3) is 0.591. The molecule has 8 rings (SSSR count). The minimum Gasteiger partial charge on any atom is -0.375 e. The highest BCUT2D eigenvalue weighted by Gasteiger charge is 2.39. The lowest BCUT2D eigenvalue weighted by atomic mass is 9.83. The van der Waals surface area contributed by atoms with Gasteiger partial charge < -0.3 is 24.8 Å². The molecule has 2 aliphatic carbocycles. The number of rotatable bonds is 11. The van der Waals surface area contributed by atoms with E-state index in [1.165, 1.54) is 12.5 Å². The van der Waals surface area contributed by atoms with Crippen molar-refractivity contribution in [3.63, 3.8) is 0 Å². The summed E-state index contributed by atoms with van der Waals surface area (Å²) < 4.78 is 21.6. The first-order valence-electron chi connectivity index (χ1n) is 21.5. The standard InChI is InChI=1S/C44H56FN7O6/c45-37-13-10-29(27-38-34-8-4-5-9-35(34)42(55)48-47-38)26-36(37)43(56)52-24-22-50(23-25-52)39(53)28-49-18-14-32(15-19-49)58-33-16-20-51(21-17-33)44(57)40(30-6-2-1-3-7-30)46-41(54)31-11-12-31/h4-5,8-10,13,26,30-33,40H,1-3,6-7,11-12,14-25,27-28H2,(H,46,54)(H,48,55). The molecule has 3 saturated heterocycles. The molecule has 58 heavy (non-hydrogen) atoms. The minimum atomic E-state index is -0.604. The van der Waals surface area contributed by atoms with Crippen LogP contribution in [-0.4, -0.2) is 131 Å². The number of nitrogens with one attached hydrogen (secondary N) is 2. The number of halogens is 1. The number of carbonyl (C=O) groups is 4. The van der Waals surface area contributed by atoms with Gasteiger partial charge in [0.2, 0.25) is 17.7 Å². The molecule has 4 heterocycles. The number of likely N-dealkylation sites (tertiary alicyclic amines) is 2. The first-order chi connectivity index (χ1) is 28.2. The average molecular weight is 798 g/mol. The molecule has 2 aromatic carbocycles. The lowest BCUT2D eigenvalue weighted by Gasteiger charge is -2.40. The quantitative estimate of drug-likeness (QED) is 0.297. The normalized spacial score (nSPS) is 20.9. The van der Waals surface area contributed by atoms with Crippen LogP contribution in [-0.2, 0) is 25.5 Å². The van der Waals surface area contributed by atoms with Gasteiger partial charge in [0.1, 0.15) is 11.9 Å². The van der Waals surface area contributed by atoms with E-state index in [1.807, 2.05) is 17.0 Å². The Morgan fingerprint density at radius 2 is 1.43 bits per heavy atom. The second kappa shape index (κ2) is 18.1. The fourth-order valence-electron chi connectivity index (χ4n) is 9.32. The van der Waals surface area contributed by atoms with Gasteiger partial charge in [-0.1, -0.05) is 43.5 Å². The van der Waals surface area contributed by atoms with Crippen LogP contribution < -0.4 is 10.9 Å². The zero-order valence-corrected chi connectivity index (χ0v) is 33.3. The summed E-state index contributed by atoms with van der Waals surface area (Å²) in [5.74, 6) is -0.545. The highest BCUT2D eigenvalue weighted by atomic mass is 19.1. The third-order valence-electron chi connectivity index (χ3n) is 13.0. The van der Waals surface area contributed by atoms with E-state index >= 15 is 4.39 Å². The van der Waals surface area contributed by atoms with Gasteiger partial charge in [-0.15, -0.1) is 0 Å². The van der Waals surface area contributed by atoms with Crippen molar-refractivity contribution in [2.45, 2.75) is 95.3 Å². The number of nitrogens with zero attached hydrogens (tertiary/aromatic N) is 5. The fourth-order valence-corrected chi connectivity index (χ4v) is 9.32. The highest BCUT2D eigenvalue weighted by Crippen LogP contribution is 2.32. The summed E-state index contributed by atoms with van der Waals surface area (Å²) in [7, 11) is 0. The monoisotopic (exact) mass is 797 g/mol. The lowest BCUT2D eigenvalue weighted by molar-refractivity contribution is -0.142. The van der Waals surface area contributed by atoms with Crippen molar-refractivity contribution in [2.75, 3.05) is 58.9 Å². The Labute approximate surface area is 338 Å². The van der Waals surface area contributed by atoms with E-state index < -0.39 is 17.8 Å². The maximum absolute atomic E-state index is 15.0. The third-order valence-corrected chi connectivity index (χ3v) is 13.0. The van der Waals surface area contributed by atoms with Gasteiger partial charge in [-0.05, 0) is 81.0 Å². The molecule has 2 saturated carbocycles. The van der Waals surface area contributed by atoms with Crippen LogP contribution in [0.5, 0.6) is 0 Å². The second-order valence-electron chi connectivity index (χ2n) is 17.0. The molecule has 3 aliphatic heterocycles. The predicted octanol–water partition coefficient (Wildman–Crippen LogP) is 3.88. The van der Waals surface area contributed by atoms with Crippen LogP contribution in [0.4, 0.5) is 4.39 Å². The number of aromatic nitrogens is 2. The van der Waals surface area contributed by atoms with Crippen LogP contribution in [0, 0.1) is 17.7 Å². The molecule has 2 N–H and O–H groups in total. The van der Waals surface area contributed by atoms with Gasteiger partial charge in [-0.25, -0.2) is 9.49 Å². The van der Waals surface area contributed by atoms with Crippen molar-refractivity contribution < 1.29 is 28.3 Å². The lowest BCUT2D eigenvalue weighted by Crippen LogP contribution is -2.55. The summed E-state index contributed by atoms with van der Waals surface area (Å²) in [5.41, 5.74) is 1.03. The van der Waals surface area contributed by atoms with Gasteiger partial charge in [0, 0.05) is 70.1 Å². The van der Waals surface area contributed by atoms with E-state index in [0.29, 0.717) is 74.3 Å². The molecule has 13 nitrogen and oxygen atoms in total. The van der Waals surface area contributed by atoms with E-state index in [2.05, 4.69) is 20.4 Å². The van der Waals surface area contributed by atoms with Gasteiger partial charge in [0.15, 0.2) is 0 Å². The summed E-state index contributed by atoms with van der Waals surface area (Å²) in [4.78, 5) is 73.0. The smallest absolute Gasteiger partial charge is 0.272 e. The Kier molecular flexibility index (Phi) is 12.5. The molecule has 4 amide bonds. The summed E-state index contributed by atoms with van der Waals surface area (Å²) in [5, 5.41) is 11.1. The Bertz CT molecular complexity index is 2030. The summed E-state index contributed by atoms with van der Waals surface area (Å²) in [6, 6.07) is 11.2. The Morgan fingerprint density at radius 1 is 0.776 bits per heavy atom. The SMILES string of the molecule is O=C(NC(C(=O)N1CCC(OC2CCN(CC(=O)N3CCN(C(=O)c4cc(Cc5n[nH]c(=O)c6ccccc56)ccc4F)CC3)CC2)CC1)C1CCCCC1)C1CC1. The number of hydrogen-bond acceptors (Lipinski definition) is 8. The number of H-pyrrole nitrogens is 1. The van der Waals surface area contributed by atoms with Gasteiger partial charge in [0.25, 0.3) is 11.5 Å². The molecule has 14 heteroatoms. The zero-order chi connectivity index (χ0) is 40.2. The molecule has 0 spiro atoms. The minimum absolute atomic E-state index is 0.0208. The van der Waals surface area contributed by atoms with Crippen molar-refractivity contribution in [1.29, 1.82) is 0 Å². The first-order valence-corrected chi connectivity index (χ1v) is 21.5. The van der Waals surface area contributed by atoms with Crippen LogP contribution in [0.3, 0.4) is 0 Å². The van der Waals surface area contributed by atoms with Crippen LogP contribution in [0.2, 0.25) is 0 Å². The predicted molar refractivity (Wildman–Crippen MR) is 215 cm³/mol. The summed E-state index contributed by atoms with van der Waals surface area (Å²) in [6.45, 7) is 4.52. The number of piperidine rings is 2. The Balaban J connectivity index is 0.757. The van der Waals surface area contributed by atoms with Crippen LogP contribution in [0.1, 0.15) is 92.2 Å². The maximum Gasteiger partial charge on any atom is 0.272 e. The highest BCUT2D eigenvalue weighted by molar-refractivity contribution is 5.95. The van der Waals surface area contributed by atoms with E-state index in [-0.39, 0.29) is 52.9 Å². The van der Waals surface area contributed by atoms with Gasteiger partial charge >= 0.3 is 0 Å². The van der Waals surface area contributed by atoms with Crippen LogP contribution >= 0.6 is 0 Å². The molecule has 3 aromatic rings. The molecule has 1 aromatic heterocycles.